The summed E-state index contributed by atoms with van der Waals surface area (Å²) in [5, 5.41) is 3.37. The summed E-state index contributed by atoms with van der Waals surface area (Å²) in [6.07, 6.45) is 6.10. The van der Waals surface area contributed by atoms with Crippen LogP contribution in [-0.4, -0.2) is 72.5 Å². The Morgan fingerprint density at radius 3 is 2.30 bits per heavy atom. The minimum atomic E-state index is -0.0918. The zero-order valence-corrected chi connectivity index (χ0v) is 18.7. The summed E-state index contributed by atoms with van der Waals surface area (Å²) in [5.74, 6) is 0.659. The average Bonchev–Trinajstić information content (AvgIpc) is 3.04. The van der Waals surface area contributed by atoms with Gasteiger partial charge in [-0.1, -0.05) is 30.3 Å². The third-order valence-corrected chi connectivity index (χ3v) is 7.89. The second kappa shape index (κ2) is 8.22. The topological polar surface area (TPSA) is 55.9 Å². The molecule has 1 aromatic carbocycles. The summed E-state index contributed by atoms with van der Waals surface area (Å²) in [6, 6.07) is 10.9. The minimum absolute atomic E-state index is 0.0458. The third kappa shape index (κ3) is 3.94. The van der Waals surface area contributed by atoms with Gasteiger partial charge in [-0.05, 0) is 64.1 Å². The molecule has 3 aliphatic rings. The van der Waals surface area contributed by atoms with E-state index in [1.54, 1.807) is 6.92 Å². The van der Waals surface area contributed by atoms with E-state index in [0.717, 1.165) is 64.7 Å². The first-order chi connectivity index (χ1) is 14.3. The number of urea groups is 1. The summed E-state index contributed by atoms with van der Waals surface area (Å²) < 4.78 is 0. The fourth-order valence-electron chi connectivity index (χ4n) is 5.84. The molecule has 2 heterocycles. The molecule has 4 rings (SSSR count). The molecular formula is C24H36N4O2. The van der Waals surface area contributed by atoms with Crippen LogP contribution in [0, 0.1) is 5.92 Å². The summed E-state index contributed by atoms with van der Waals surface area (Å²) in [5.41, 5.74) is 1.33. The number of carbonyl (C=O) groups excluding carboxylic acids is 2. The Bertz CT molecular complexity index is 763. The molecule has 0 aromatic heterocycles. The highest BCUT2D eigenvalue weighted by atomic mass is 16.2. The van der Waals surface area contributed by atoms with E-state index in [1.165, 1.54) is 5.56 Å². The molecule has 30 heavy (non-hydrogen) atoms. The first kappa shape index (κ1) is 21.2. The van der Waals surface area contributed by atoms with Crippen LogP contribution in [0.5, 0.6) is 0 Å². The molecule has 0 radical (unpaired) electrons. The number of nitrogens with one attached hydrogen (secondary N) is 1. The lowest BCUT2D eigenvalue weighted by atomic mass is 9.69. The van der Waals surface area contributed by atoms with Crippen LogP contribution in [0.4, 0.5) is 4.79 Å². The van der Waals surface area contributed by atoms with E-state index in [4.69, 9.17) is 0 Å². The lowest BCUT2D eigenvalue weighted by Gasteiger charge is -2.48. The van der Waals surface area contributed by atoms with Crippen LogP contribution in [0.1, 0.15) is 51.0 Å². The molecule has 3 amide bonds. The molecule has 0 unspecified atom stereocenters. The highest BCUT2D eigenvalue weighted by Gasteiger charge is 2.50. The van der Waals surface area contributed by atoms with Crippen molar-refractivity contribution in [3.8, 4) is 0 Å². The minimum Gasteiger partial charge on any atom is -0.343 e. The van der Waals surface area contributed by atoms with Crippen molar-refractivity contribution in [1.82, 2.24) is 20.0 Å². The van der Waals surface area contributed by atoms with Gasteiger partial charge in [0.2, 0.25) is 5.91 Å². The largest absolute Gasteiger partial charge is 0.343 e. The second-order valence-electron chi connectivity index (χ2n) is 9.83. The van der Waals surface area contributed by atoms with Crippen LogP contribution in [0.2, 0.25) is 0 Å². The van der Waals surface area contributed by atoms with Gasteiger partial charge in [-0.3, -0.25) is 9.69 Å². The van der Waals surface area contributed by atoms with Gasteiger partial charge in [0.05, 0.1) is 5.54 Å². The highest BCUT2D eigenvalue weighted by molar-refractivity contribution is 5.78. The molecule has 1 spiro atoms. The van der Waals surface area contributed by atoms with Crippen LogP contribution in [0.15, 0.2) is 30.3 Å². The normalized spacial score (nSPS) is 30.2. The molecule has 1 aliphatic carbocycles. The van der Waals surface area contributed by atoms with Crippen LogP contribution >= 0.6 is 0 Å². The number of likely N-dealkylation sites (tertiary alicyclic amines) is 1. The summed E-state index contributed by atoms with van der Waals surface area (Å²) in [4.78, 5) is 30.7. The van der Waals surface area contributed by atoms with E-state index >= 15 is 0 Å². The van der Waals surface area contributed by atoms with Crippen molar-refractivity contribution in [3.63, 3.8) is 0 Å². The number of nitrogens with zero attached hydrogens (tertiary/aromatic N) is 3. The van der Waals surface area contributed by atoms with Crippen molar-refractivity contribution < 1.29 is 9.59 Å². The Hall–Kier alpha value is -2.08. The predicted octanol–water partition coefficient (Wildman–Crippen LogP) is 3.04. The number of amides is 3. The molecule has 3 fully saturated rings. The lowest BCUT2D eigenvalue weighted by Crippen LogP contribution is -2.54. The number of carbonyl (C=O) groups is 2. The third-order valence-electron chi connectivity index (χ3n) is 7.89. The lowest BCUT2D eigenvalue weighted by molar-refractivity contribution is -0.130. The monoisotopic (exact) mass is 412 g/mol. The molecule has 0 atom stereocenters. The van der Waals surface area contributed by atoms with E-state index in [-0.39, 0.29) is 23.0 Å². The van der Waals surface area contributed by atoms with Crippen LogP contribution < -0.4 is 5.32 Å². The molecule has 1 saturated carbocycles. The maximum atomic E-state index is 12.8. The van der Waals surface area contributed by atoms with Crippen molar-refractivity contribution in [2.45, 2.75) is 56.5 Å². The van der Waals surface area contributed by atoms with E-state index in [0.29, 0.717) is 5.92 Å². The van der Waals surface area contributed by atoms with Crippen molar-refractivity contribution in [2.75, 3.05) is 40.3 Å². The summed E-state index contributed by atoms with van der Waals surface area (Å²) >= 11 is 0. The van der Waals surface area contributed by atoms with Gasteiger partial charge >= 0.3 is 6.03 Å². The molecule has 2 saturated heterocycles. The van der Waals surface area contributed by atoms with Crippen molar-refractivity contribution in [1.29, 1.82) is 0 Å². The van der Waals surface area contributed by atoms with E-state index in [9.17, 15) is 9.59 Å². The quantitative estimate of drug-likeness (QED) is 0.827. The molecule has 6 nitrogen and oxygen atoms in total. The summed E-state index contributed by atoms with van der Waals surface area (Å²) in [7, 11) is 4.36. The molecular weight excluding hydrogens is 376 g/mol. The average molecular weight is 413 g/mol. The van der Waals surface area contributed by atoms with Gasteiger partial charge < -0.3 is 15.1 Å². The van der Waals surface area contributed by atoms with Gasteiger partial charge in [-0.2, -0.15) is 0 Å². The Morgan fingerprint density at radius 2 is 1.73 bits per heavy atom. The van der Waals surface area contributed by atoms with Gasteiger partial charge in [0.1, 0.15) is 0 Å². The fourth-order valence-corrected chi connectivity index (χ4v) is 5.84. The fraction of sp³-hybridized carbons (Fsp3) is 0.667. The molecule has 0 bridgehead atoms. The Labute approximate surface area is 180 Å². The number of rotatable bonds is 4. The van der Waals surface area contributed by atoms with Gasteiger partial charge in [0, 0.05) is 38.6 Å². The standard InChI is InChI=1S/C24H36N4O2/c1-19(29)27-15-9-20(10-16-27)17-28-18-23(25-22(28)30)11-13-24(14-12-23,26(2)3)21-7-5-4-6-8-21/h4-8,20H,9-18H2,1-3H3,(H,25,30)/t23-,24-. The summed E-state index contributed by atoms with van der Waals surface area (Å²) in [6.45, 7) is 4.92. The zero-order chi connectivity index (χ0) is 21.4. The van der Waals surface area contributed by atoms with Crippen LogP contribution in [-0.2, 0) is 10.3 Å². The van der Waals surface area contributed by atoms with E-state index in [1.807, 2.05) is 9.80 Å². The molecule has 1 aromatic rings. The maximum Gasteiger partial charge on any atom is 0.317 e. The highest BCUT2D eigenvalue weighted by Crippen LogP contribution is 2.46. The molecule has 1 N–H and O–H groups in total. The number of benzene rings is 1. The van der Waals surface area contributed by atoms with Crippen molar-refractivity contribution in [2.24, 2.45) is 5.92 Å². The van der Waals surface area contributed by atoms with Crippen LogP contribution in [0.3, 0.4) is 0 Å². The molecule has 2 aliphatic heterocycles. The Balaban J connectivity index is 1.38. The number of hydrogen-bond donors (Lipinski definition) is 1. The zero-order valence-electron chi connectivity index (χ0n) is 18.7. The first-order valence-corrected chi connectivity index (χ1v) is 11.4. The molecule has 6 heteroatoms. The van der Waals surface area contributed by atoms with E-state index in [2.05, 4.69) is 54.6 Å². The van der Waals surface area contributed by atoms with E-state index < -0.39 is 0 Å². The smallest absolute Gasteiger partial charge is 0.317 e. The van der Waals surface area contributed by atoms with Gasteiger partial charge in [0.25, 0.3) is 0 Å². The van der Waals surface area contributed by atoms with Crippen molar-refractivity contribution in [3.05, 3.63) is 35.9 Å². The predicted molar refractivity (Wildman–Crippen MR) is 118 cm³/mol. The van der Waals surface area contributed by atoms with Gasteiger partial charge in [-0.25, -0.2) is 4.79 Å². The van der Waals surface area contributed by atoms with Gasteiger partial charge in [0.15, 0.2) is 0 Å². The SMILES string of the molecule is CC(=O)N1CCC(CN2C[C@]3(CC[C@@](c4ccccc4)(N(C)C)CC3)NC2=O)CC1. The first-order valence-electron chi connectivity index (χ1n) is 11.4. The maximum absolute atomic E-state index is 12.8. The van der Waals surface area contributed by atoms with Crippen LogP contribution in [0.25, 0.3) is 0 Å². The van der Waals surface area contributed by atoms with Crippen molar-refractivity contribution >= 4 is 11.9 Å². The number of piperidine rings is 1. The molecule has 164 valence electrons. The Morgan fingerprint density at radius 1 is 1.10 bits per heavy atom. The van der Waals surface area contributed by atoms with Gasteiger partial charge in [-0.15, -0.1) is 0 Å². The second-order valence-corrected chi connectivity index (χ2v) is 9.83. The Kier molecular flexibility index (Phi) is 5.80. The number of hydrogen-bond acceptors (Lipinski definition) is 3.